The van der Waals surface area contributed by atoms with Crippen molar-refractivity contribution in [3.05, 3.63) is 0 Å². The molecule has 0 aromatic rings. The lowest BCUT2D eigenvalue weighted by Gasteiger charge is -2.43. The highest BCUT2D eigenvalue weighted by molar-refractivity contribution is 7.99. The maximum atomic E-state index is 3.83. The SMILES string of the molecule is CC1CSCCN1CC1(CNC(C)(C)C)CCCCCC1. The summed E-state index contributed by atoms with van der Waals surface area (Å²) in [5, 5.41) is 3.83. The standard InChI is InChI=1S/C18H36N2S/c1-16-13-21-12-11-20(16)15-18(14-19-17(2,3)4)9-7-5-6-8-10-18/h16,19H,5-15H2,1-4H3. The second kappa shape index (κ2) is 7.70. The normalized spacial score (nSPS) is 28.3. The number of nitrogens with one attached hydrogen (secondary N) is 1. The summed E-state index contributed by atoms with van der Waals surface area (Å²) in [7, 11) is 0. The zero-order chi connectivity index (χ0) is 15.3. The van der Waals surface area contributed by atoms with Crippen LogP contribution in [-0.2, 0) is 0 Å². The second-order valence-corrected chi connectivity index (χ2v) is 9.56. The van der Waals surface area contributed by atoms with Crippen LogP contribution in [0.1, 0.15) is 66.2 Å². The molecule has 1 heterocycles. The van der Waals surface area contributed by atoms with Gasteiger partial charge in [-0.3, -0.25) is 4.90 Å². The molecule has 1 N–H and O–H groups in total. The Kier molecular flexibility index (Phi) is 6.46. The van der Waals surface area contributed by atoms with Crippen LogP contribution in [0, 0.1) is 5.41 Å². The number of hydrogen-bond donors (Lipinski definition) is 1. The van der Waals surface area contributed by atoms with E-state index in [0.29, 0.717) is 5.41 Å². The third kappa shape index (κ3) is 5.76. The Morgan fingerprint density at radius 3 is 2.38 bits per heavy atom. The van der Waals surface area contributed by atoms with Crippen molar-refractivity contribution in [3.63, 3.8) is 0 Å². The van der Waals surface area contributed by atoms with E-state index in [-0.39, 0.29) is 5.54 Å². The van der Waals surface area contributed by atoms with E-state index >= 15 is 0 Å². The molecule has 2 fully saturated rings. The van der Waals surface area contributed by atoms with Crippen LogP contribution in [0.15, 0.2) is 0 Å². The molecule has 1 atom stereocenters. The van der Waals surface area contributed by atoms with Crippen molar-refractivity contribution in [1.29, 1.82) is 0 Å². The minimum absolute atomic E-state index is 0.239. The molecule has 2 nitrogen and oxygen atoms in total. The second-order valence-electron chi connectivity index (χ2n) is 8.41. The molecule has 2 rings (SSSR count). The molecule has 1 saturated carbocycles. The summed E-state index contributed by atoms with van der Waals surface area (Å²) in [6.45, 7) is 13.1. The van der Waals surface area contributed by atoms with Crippen LogP contribution in [0.3, 0.4) is 0 Å². The van der Waals surface area contributed by atoms with Gasteiger partial charge in [-0.05, 0) is 46.0 Å². The molecule has 0 radical (unpaired) electrons. The van der Waals surface area contributed by atoms with Crippen molar-refractivity contribution >= 4 is 11.8 Å². The highest BCUT2D eigenvalue weighted by Gasteiger charge is 2.35. The van der Waals surface area contributed by atoms with E-state index in [1.165, 1.54) is 69.7 Å². The van der Waals surface area contributed by atoms with Gasteiger partial charge >= 0.3 is 0 Å². The smallest absolute Gasteiger partial charge is 0.0158 e. The van der Waals surface area contributed by atoms with Crippen LogP contribution in [0.4, 0.5) is 0 Å². The molecule has 0 aromatic heterocycles. The van der Waals surface area contributed by atoms with Crippen LogP contribution in [-0.4, -0.2) is 47.6 Å². The molecule has 124 valence electrons. The molecule has 21 heavy (non-hydrogen) atoms. The number of hydrogen-bond acceptors (Lipinski definition) is 3. The highest BCUT2D eigenvalue weighted by atomic mass is 32.2. The lowest BCUT2D eigenvalue weighted by Crippen LogP contribution is -2.52. The van der Waals surface area contributed by atoms with Crippen molar-refractivity contribution in [3.8, 4) is 0 Å². The topological polar surface area (TPSA) is 15.3 Å². The Balaban J connectivity index is 2.02. The average molecular weight is 313 g/mol. The van der Waals surface area contributed by atoms with Crippen LogP contribution in [0.25, 0.3) is 0 Å². The van der Waals surface area contributed by atoms with Crippen molar-refractivity contribution in [2.75, 3.05) is 31.1 Å². The molecule has 0 aromatic carbocycles. The predicted octanol–water partition coefficient (Wildman–Crippen LogP) is 4.15. The van der Waals surface area contributed by atoms with Crippen LogP contribution in [0.2, 0.25) is 0 Å². The van der Waals surface area contributed by atoms with E-state index in [0.717, 1.165) is 6.04 Å². The molecule has 0 bridgehead atoms. The van der Waals surface area contributed by atoms with E-state index in [2.05, 4.69) is 49.7 Å². The van der Waals surface area contributed by atoms with Gasteiger partial charge in [-0.25, -0.2) is 0 Å². The van der Waals surface area contributed by atoms with Crippen molar-refractivity contribution in [2.24, 2.45) is 5.41 Å². The summed E-state index contributed by atoms with van der Waals surface area (Å²) >= 11 is 2.13. The van der Waals surface area contributed by atoms with Gasteiger partial charge in [0.2, 0.25) is 0 Å². The third-order valence-corrected chi connectivity index (χ3v) is 6.39. The Hall–Kier alpha value is 0.270. The van der Waals surface area contributed by atoms with Crippen molar-refractivity contribution < 1.29 is 0 Å². The van der Waals surface area contributed by atoms with Crippen LogP contribution < -0.4 is 5.32 Å². The third-order valence-electron chi connectivity index (χ3n) is 5.20. The Bertz CT molecular complexity index is 303. The zero-order valence-corrected chi connectivity index (χ0v) is 15.5. The first-order valence-electron chi connectivity index (χ1n) is 8.97. The van der Waals surface area contributed by atoms with Crippen molar-refractivity contribution in [2.45, 2.75) is 77.8 Å². The van der Waals surface area contributed by atoms with Gasteiger partial charge in [0.05, 0.1) is 0 Å². The monoisotopic (exact) mass is 312 g/mol. The first-order valence-corrected chi connectivity index (χ1v) is 10.1. The summed E-state index contributed by atoms with van der Waals surface area (Å²) < 4.78 is 0. The molecule has 1 unspecified atom stereocenters. The zero-order valence-electron chi connectivity index (χ0n) is 14.7. The van der Waals surface area contributed by atoms with Gasteiger partial charge in [-0.15, -0.1) is 0 Å². The summed E-state index contributed by atoms with van der Waals surface area (Å²) in [6.07, 6.45) is 8.61. The van der Waals surface area contributed by atoms with E-state index in [9.17, 15) is 0 Å². The lowest BCUT2D eigenvalue weighted by molar-refractivity contribution is 0.101. The van der Waals surface area contributed by atoms with Crippen LogP contribution in [0.5, 0.6) is 0 Å². The number of thioether (sulfide) groups is 1. The Morgan fingerprint density at radius 2 is 1.81 bits per heavy atom. The summed E-state index contributed by atoms with van der Waals surface area (Å²) in [6, 6.07) is 0.763. The quantitative estimate of drug-likeness (QED) is 0.785. The number of rotatable bonds is 4. The first kappa shape index (κ1) is 17.6. The predicted molar refractivity (Wildman–Crippen MR) is 96.3 cm³/mol. The minimum Gasteiger partial charge on any atom is -0.311 e. The molecule has 3 heteroatoms. The van der Waals surface area contributed by atoms with E-state index in [4.69, 9.17) is 0 Å². The van der Waals surface area contributed by atoms with Gasteiger partial charge in [0.15, 0.2) is 0 Å². The fourth-order valence-electron chi connectivity index (χ4n) is 3.75. The van der Waals surface area contributed by atoms with Gasteiger partial charge in [-0.1, -0.05) is 25.7 Å². The molecular weight excluding hydrogens is 276 g/mol. The average Bonchev–Trinajstić information content (AvgIpc) is 2.65. The first-order chi connectivity index (χ1) is 9.90. The maximum Gasteiger partial charge on any atom is 0.0158 e. The van der Waals surface area contributed by atoms with E-state index < -0.39 is 0 Å². The molecule has 0 amide bonds. The summed E-state index contributed by atoms with van der Waals surface area (Å²) in [5.74, 6) is 2.65. The molecule has 2 aliphatic rings. The fourth-order valence-corrected chi connectivity index (χ4v) is 4.83. The maximum absolute atomic E-state index is 3.83. The summed E-state index contributed by atoms with van der Waals surface area (Å²) in [4.78, 5) is 2.78. The fraction of sp³-hybridized carbons (Fsp3) is 1.00. The Morgan fingerprint density at radius 1 is 1.14 bits per heavy atom. The van der Waals surface area contributed by atoms with Crippen molar-refractivity contribution in [1.82, 2.24) is 10.2 Å². The van der Waals surface area contributed by atoms with Gasteiger partial charge < -0.3 is 5.32 Å². The Labute approximate surface area is 136 Å². The van der Waals surface area contributed by atoms with Crippen LogP contribution >= 0.6 is 11.8 Å². The largest absolute Gasteiger partial charge is 0.311 e. The van der Waals surface area contributed by atoms with Gasteiger partial charge in [0, 0.05) is 42.7 Å². The molecule has 0 spiro atoms. The van der Waals surface area contributed by atoms with Gasteiger partial charge in [-0.2, -0.15) is 11.8 Å². The minimum atomic E-state index is 0.239. The van der Waals surface area contributed by atoms with E-state index in [1.54, 1.807) is 0 Å². The highest BCUT2D eigenvalue weighted by Crippen LogP contribution is 2.37. The lowest BCUT2D eigenvalue weighted by atomic mass is 9.78. The molecular formula is C18H36N2S. The van der Waals surface area contributed by atoms with Gasteiger partial charge in [0.25, 0.3) is 0 Å². The number of nitrogens with zero attached hydrogens (tertiary/aromatic N) is 1. The molecule has 1 aliphatic carbocycles. The molecule has 1 saturated heterocycles. The molecule has 1 aliphatic heterocycles. The van der Waals surface area contributed by atoms with Gasteiger partial charge in [0.1, 0.15) is 0 Å². The summed E-state index contributed by atoms with van der Waals surface area (Å²) in [5.41, 5.74) is 0.753. The van der Waals surface area contributed by atoms with E-state index in [1.807, 2.05) is 0 Å².